The maximum absolute atomic E-state index is 13.1. The quantitative estimate of drug-likeness (QED) is 0.278. The van der Waals surface area contributed by atoms with E-state index in [0.29, 0.717) is 39.7 Å². The molecule has 0 saturated carbocycles. The fourth-order valence-electron chi connectivity index (χ4n) is 3.56. The Balaban J connectivity index is 1.72. The predicted octanol–water partition coefficient (Wildman–Crippen LogP) is 5.74. The smallest absolute Gasteiger partial charge is 0.336 e. The molecular formula is C27H24O5. The van der Waals surface area contributed by atoms with Gasteiger partial charge in [0, 0.05) is 28.6 Å². The lowest BCUT2D eigenvalue weighted by molar-refractivity contribution is 0.103. The first-order valence-electron chi connectivity index (χ1n) is 10.4. The third-order valence-corrected chi connectivity index (χ3v) is 5.37. The molecular weight excluding hydrogens is 404 g/mol. The minimum Gasteiger partial charge on any atom is -0.497 e. The van der Waals surface area contributed by atoms with Crippen molar-refractivity contribution in [1.29, 1.82) is 0 Å². The molecule has 162 valence electrons. The van der Waals surface area contributed by atoms with Crippen LogP contribution in [0.3, 0.4) is 0 Å². The number of fused-ring (bicyclic) bond motifs is 1. The predicted molar refractivity (Wildman–Crippen MR) is 124 cm³/mol. The summed E-state index contributed by atoms with van der Waals surface area (Å²) in [7, 11) is 1.56. The van der Waals surface area contributed by atoms with E-state index in [9.17, 15) is 9.59 Å². The highest BCUT2D eigenvalue weighted by atomic mass is 16.5. The SMILES string of the molecule is COc1ccc(C(=O)c2ccccc2)c(OCc2cc(=O)oc3ccc(C(C)C)cc23)c1. The minimum atomic E-state index is -0.445. The Hall–Kier alpha value is -3.86. The Labute approximate surface area is 186 Å². The van der Waals surface area contributed by atoms with Gasteiger partial charge in [-0.25, -0.2) is 4.79 Å². The number of methoxy groups -OCH3 is 1. The van der Waals surface area contributed by atoms with E-state index in [2.05, 4.69) is 13.8 Å². The maximum Gasteiger partial charge on any atom is 0.336 e. The summed E-state index contributed by atoms with van der Waals surface area (Å²) in [5.41, 5.74) is 2.88. The number of rotatable bonds is 7. The van der Waals surface area contributed by atoms with Crippen LogP contribution in [0.25, 0.3) is 11.0 Å². The number of ketones is 1. The molecule has 32 heavy (non-hydrogen) atoms. The molecule has 0 radical (unpaired) electrons. The second-order valence-electron chi connectivity index (χ2n) is 7.85. The molecule has 0 aliphatic carbocycles. The molecule has 0 bridgehead atoms. The van der Waals surface area contributed by atoms with Crippen LogP contribution in [-0.2, 0) is 6.61 Å². The summed E-state index contributed by atoms with van der Waals surface area (Å²) in [5.74, 6) is 1.14. The van der Waals surface area contributed by atoms with Gasteiger partial charge in [-0.2, -0.15) is 0 Å². The molecule has 0 fully saturated rings. The molecule has 3 aromatic carbocycles. The van der Waals surface area contributed by atoms with Crippen molar-refractivity contribution in [3.8, 4) is 11.5 Å². The van der Waals surface area contributed by atoms with Crippen LogP contribution in [0.4, 0.5) is 0 Å². The van der Waals surface area contributed by atoms with Gasteiger partial charge < -0.3 is 13.9 Å². The summed E-state index contributed by atoms with van der Waals surface area (Å²) in [5, 5.41) is 0.814. The number of benzene rings is 3. The summed E-state index contributed by atoms with van der Waals surface area (Å²) in [4.78, 5) is 25.2. The Bertz CT molecular complexity index is 1320. The Morgan fingerprint density at radius 1 is 0.969 bits per heavy atom. The Morgan fingerprint density at radius 3 is 2.47 bits per heavy atom. The van der Waals surface area contributed by atoms with Crippen LogP contribution in [0.15, 0.2) is 82.0 Å². The maximum atomic E-state index is 13.1. The van der Waals surface area contributed by atoms with E-state index in [1.54, 1.807) is 37.4 Å². The van der Waals surface area contributed by atoms with Crippen LogP contribution < -0.4 is 15.1 Å². The molecule has 0 unspecified atom stereocenters. The molecule has 0 N–H and O–H groups in total. The van der Waals surface area contributed by atoms with E-state index in [0.717, 1.165) is 10.9 Å². The lowest BCUT2D eigenvalue weighted by Crippen LogP contribution is -2.08. The minimum absolute atomic E-state index is 0.103. The summed E-state index contributed by atoms with van der Waals surface area (Å²) in [6.45, 7) is 4.31. The van der Waals surface area contributed by atoms with Gasteiger partial charge in [0.1, 0.15) is 23.7 Å². The average Bonchev–Trinajstić information content (AvgIpc) is 2.82. The zero-order valence-corrected chi connectivity index (χ0v) is 18.3. The van der Waals surface area contributed by atoms with Gasteiger partial charge in [-0.3, -0.25) is 4.79 Å². The molecule has 0 saturated heterocycles. The molecule has 4 rings (SSSR count). The lowest BCUT2D eigenvalue weighted by atomic mass is 9.99. The highest BCUT2D eigenvalue weighted by molar-refractivity contribution is 6.10. The van der Waals surface area contributed by atoms with E-state index in [-0.39, 0.29) is 12.4 Å². The van der Waals surface area contributed by atoms with Crippen molar-refractivity contribution in [2.24, 2.45) is 0 Å². The van der Waals surface area contributed by atoms with Crippen LogP contribution in [0.5, 0.6) is 11.5 Å². The van der Waals surface area contributed by atoms with E-state index < -0.39 is 5.63 Å². The molecule has 1 aromatic heterocycles. The largest absolute Gasteiger partial charge is 0.497 e. The summed E-state index contributed by atoms with van der Waals surface area (Å²) >= 11 is 0. The third kappa shape index (κ3) is 4.42. The number of hydrogen-bond donors (Lipinski definition) is 0. The second kappa shape index (κ2) is 9.10. The van der Waals surface area contributed by atoms with Gasteiger partial charge in [0.05, 0.1) is 12.7 Å². The van der Waals surface area contributed by atoms with Gasteiger partial charge in [0.25, 0.3) is 0 Å². The van der Waals surface area contributed by atoms with Crippen molar-refractivity contribution in [1.82, 2.24) is 0 Å². The highest BCUT2D eigenvalue weighted by Gasteiger charge is 2.17. The van der Waals surface area contributed by atoms with Crippen LogP contribution in [-0.4, -0.2) is 12.9 Å². The molecule has 5 heteroatoms. The van der Waals surface area contributed by atoms with Crippen LogP contribution >= 0.6 is 0 Å². The number of carbonyl (C=O) groups excluding carboxylic acids is 1. The molecule has 0 aliphatic rings. The fourth-order valence-corrected chi connectivity index (χ4v) is 3.56. The zero-order chi connectivity index (χ0) is 22.7. The molecule has 1 heterocycles. The normalized spacial score (nSPS) is 11.0. The van der Waals surface area contributed by atoms with Crippen molar-refractivity contribution >= 4 is 16.8 Å². The van der Waals surface area contributed by atoms with E-state index in [1.165, 1.54) is 6.07 Å². The summed E-state index contributed by atoms with van der Waals surface area (Å²) in [6, 6.07) is 21.3. The van der Waals surface area contributed by atoms with Gasteiger partial charge in [-0.15, -0.1) is 0 Å². The van der Waals surface area contributed by atoms with E-state index >= 15 is 0 Å². The monoisotopic (exact) mass is 428 g/mol. The number of ether oxygens (including phenoxy) is 2. The van der Waals surface area contributed by atoms with Crippen molar-refractivity contribution in [3.63, 3.8) is 0 Å². The Morgan fingerprint density at radius 2 is 1.75 bits per heavy atom. The van der Waals surface area contributed by atoms with Gasteiger partial charge in [0.15, 0.2) is 5.78 Å². The highest BCUT2D eigenvalue weighted by Crippen LogP contribution is 2.29. The third-order valence-electron chi connectivity index (χ3n) is 5.37. The van der Waals surface area contributed by atoms with Gasteiger partial charge in [-0.05, 0) is 35.7 Å². The van der Waals surface area contributed by atoms with Gasteiger partial charge >= 0.3 is 5.63 Å². The lowest BCUT2D eigenvalue weighted by Gasteiger charge is -2.14. The number of carbonyl (C=O) groups is 1. The molecule has 4 aromatic rings. The summed E-state index contributed by atoms with van der Waals surface area (Å²) < 4.78 is 16.8. The standard InChI is InChI=1S/C27H24O5/c1-17(2)19-9-12-24-23(13-19)20(14-26(28)32-24)16-31-25-15-21(30-3)10-11-22(25)27(29)18-7-5-4-6-8-18/h4-15,17H,16H2,1-3H3. The molecule has 5 nitrogen and oxygen atoms in total. The molecule has 0 aliphatic heterocycles. The first-order valence-corrected chi connectivity index (χ1v) is 10.4. The topological polar surface area (TPSA) is 65.7 Å². The first-order chi connectivity index (χ1) is 15.5. The van der Waals surface area contributed by atoms with Crippen molar-refractivity contribution in [3.05, 3.63) is 105 Å². The van der Waals surface area contributed by atoms with Gasteiger partial charge in [0.2, 0.25) is 0 Å². The Kier molecular flexibility index (Phi) is 6.08. The van der Waals surface area contributed by atoms with E-state index in [4.69, 9.17) is 13.9 Å². The van der Waals surface area contributed by atoms with Crippen LogP contribution in [0, 0.1) is 0 Å². The fraction of sp³-hybridized carbons (Fsp3) is 0.185. The van der Waals surface area contributed by atoms with Crippen LogP contribution in [0.1, 0.15) is 46.8 Å². The first kappa shape index (κ1) is 21.4. The number of hydrogen-bond acceptors (Lipinski definition) is 5. The van der Waals surface area contributed by atoms with Crippen molar-refractivity contribution in [2.45, 2.75) is 26.4 Å². The second-order valence-corrected chi connectivity index (χ2v) is 7.85. The zero-order valence-electron chi connectivity index (χ0n) is 18.3. The van der Waals surface area contributed by atoms with E-state index in [1.807, 2.05) is 36.4 Å². The molecule has 0 atom stereocenters. The van der Waals surface area contributed by atoms with Crippen LogP contribution in [0.2, 0.25) is 0 Å². The van der Waals surface area contributed by atoms with Gasteiger partial charge in [-0.1, -0.05) is 50.2 Å². The molecule has 0 spiro atoms. The molecule has 0 amide bonds. The average molecular weight is 428 g/mol. The van der Waals surface area contributed by atoms with Crippen molar-refractivity contribution < 1.29 is 18.7 Å². The van der Waals surface area contributed by atoms with Crippen molar-refractivity contribution in [2.75, 3.05) is 7.11 Å². The summed E-state index contributed by atoms with van der Waals surface area (Å²) in [6.07, 6.45) is 0.